The Morgan fingerprint density at radius 3 is 2.50 bits per heavy atom. The van der Waals surface area contributed by atoms with E-state index < -0.39 is 10.0 Å². The van der Waals surface area contributed by atoms with Crippen molar-refractivity contribution in [1.29, 1.82) is 0 Å². The van der Waals surface area contributed by atoms with Crippen molar-refractivity contribution in [3.63, 3.8) is 0 Å². The average molecular weight is 271 g/mol. The van der Waals surface area contributed by atoms with Crippen LogP contribution in [0.4, 0.5) is 0 Å². The summed E-state index contributed by atoms with van der Waals surface area (Å²) < 4.78 is 26.8. The van der Waals surface area contributed by atoms with E-state index in [1.54, 1.807) is 0 Å². The number of fused-ring (bicyclic) bond motifs is 2. The van der Waals surface area contributed by atoms with Crippen molar-refractivity contribution in [2.24, 2.45) is 16.7 Å². The molecule has 3 atom stereocenters. The quantitative estimate of drug-likeness (QED) is 0.735. The van der Waals surface area contributed by atoms with Crippen molar-refractivity contribution in [1.82, 2.24) is 4.31 Å². The Bertz CT molecular complexity index is 468. The first kappa shape index (κ1) is 12.9. The largest absolute Gasteiger partial charge is 0.215 e. The average Bonchev–Trinajstić information content (AvgIpc) is 2.39. The van der Waals surface area contributed by atoms with Gasteiger partial charge < -0.3 is 0 Å². The molecule has 3 aliphatic carbocycles. The molecule has 0 N–H and O–H groups in total. The van der Waals surface area contributed by atoms with E-state index in [2.05, 4.69) is 13.8 Å². The summed E-state index contributed by atoms with van der Waals surface area (Å²) in [6, 6.07) is 0.399. The minimum Gasteiger partial charge on any atom is -0.212 e. The molecular formula is C14H25NO2S. The van der Waals surface area contributed by atoms with Gasteiger partial charge >= 0.3 is 0 Å². The molecule has 3 saturated carbocycles. The summed E-state index contributed by atoms with van der Waals surface area (Å²) in [5.41, 5.74) is 0.388. The Balaban J connectivity index is 2.05. The SMILES string of the molecule is CC(C)N1C2C[C@H]3CC[C@@]2(CC3(C)C)CS1(=O)=O. The van der Waals surface area contributed by atoms with E-state index in [1.807, 2.05) is 18.2 Å². The lowest BCUT2D eigenvalue weighted by molar-refractivity contribution is -0.0678. The highest BCUT2D eigenvalue weighted by Gasteiger charge is 2.64. The molecule has 3 nitrogen and oxygen atoms in total. The minimum absolute atomic E-state index is 0.0569. The van der Waals surface area contributed by atoms with Crippen molar-refractivity contribution in [2.75, 3.05) is 5.75 Å². The topological polar surface area (TPSA) is 37.4 Å². The zero-order valence-corrected chi connectivity index (χ0v) is 12.8. The minimum atomic E-state index is -3.03. The molecular weight excluding hydrogens is 246 g/mol. The number of hydrogen-bond acceptors (Lipinski definition) is 2. The predicted octanol–water partition coefficient (Wildman–Crippen LogP) is 2.63. The van der Waals surface area contributed by atoms with Gasteiger partial charge in [0.05, 0.1) is 5.75 Å². The molecule has 4 fully saturated rings. The molecule has 104 valence electrons. The molecule has 0 aromatic rings. The number of rotatable bonds is 1. The molecule has 4 heteroatoms. The Morgan fingerprint density at radius 1 is 1.28 bits per heavy atom. The maximum Gasteiger partial charge on any atom is 0.215 e. The van der Waals surface area contributed by atoms with Gasteiger partial charge in [0.25, 0.3) is 0 Å². The van der Waals surface area contributed by atoms with Crippen molar-refractivity contribution in [3.05, 3.63) is 0 Å². The molecule has 2 bridgehead atoms. The van der Waals surface area contributed by atoms with Crippen molar-refractivity contribution in [3.8, 4) is 0 Å². The van der Waals surface area contributed by atoms with Crippen LogP contribution in [-0.2, 0) is 10.0 Å². The van der Waals surface area contributed by atoms with Crippen molar-refractivity contribution >= 4 is 10.0 Å². The summed E-state index contributed by atoms with van der Waals surface area (Å²) in [5.74, 6) is 1.11. The van der Waals surface area contributed by atoms with E-state index in [9.17, 15) is 8.42 Å². The Labute approximate surface area is 111 Å². The first-order chi connectivity index (χ1) is 8.18. The lowest BCUT2D eigenvalue weighted by atomic mass is 9.49. The predicted molar refractivity (Wildman–Crippen MR) is 72.7 cm³/mol. The van der Waals surface area contributed by atoms with E-state index in [4.69, 9.17) is 0 Å². The standard InChI is InChI=1S/C14H25NO2S/c1-10(2)15-12-7-11-5-6-14(12,8-13(11,3)4)9-18(15,16)17/h10-12H,5-9H2,1-4H3/t11-,12?,14-/m1/s1. The number of hydrogen-bond donors (Lipinski definition) is 0. The van der Waals surface area contributed by atoms with Gasteiger partial charge in [-0.1, -0.05) is 13.8 Å². The molecule has 4 aliphatic rings. The molecule has 1 spiro atoms. The Morgan fingerprint density at radius 2 is 1.94 bits per heavy atom. The molecule has 18 heavy (non-hydrogen) atoms. The Kier molecular flexibility index (Phi) is 2.52. The highest BCUT2D eigenvalue weighted by atomic mass is 32.2. The van der Waals surface area contributed by atoms with Crippen LogP contribution in [0.2, 0.25) is 0 Å². The van der Waals surface area contributed by atoms with Gasteiger partial charge in [0.1, 0.15) is 0 Å². The highest BCUT2D eigenvalue weighted by Crippen LogP contribution is 2.63. The van der Waals surface area contributed by atoms with Crippen LogP contribution in [0.5, 0.6) is 0 Å². The van der Waals surface area contributed by atoms with Gasteiger partial charge in [-0.05, 0) is 50.9 Å². The lowest BCUT2D eigenvalue weighted by Crippen LogP contribution is -2.56. The van der Waals surface area contributed by atoms with Crippen LogP contribution in [0.3, 0.4) is 0 Å². The van der Waals surface area contributed by atoms with Crippen LogP contribution in [0, 0.1) is 16.7 Å². The van der Waals surface area contributed by atoms with Gasteiger partial charge in [-0.3, -0.25) is 0 Å². The van der Waals surface area contributed by atoms with Gasteiger partial charge in [-0.2, -0.15) is 4.31 Å². The Hall–Kier alpha value is -0.0900. The maximum atomic E-state index is 12.5. The van der Waals surface area contributed by atoms with Crippen LogP contribution < -0.4 is 0 Å². The molecule has 1 aliphatic heterocycles. The second-order valence-corrected chi connectivity index (χ2v) is 9.57. The summed E-state index contributed by atoms with van der Waals surface area (Å²) in [7, 11) is -3.03. The van der Waals surface area contributed by atoms with Crippen LogP contribution in [0.1, 0.15) is 53.4 Å². The molecule has 0 aromatic carbocycles. The van der Waals surface area contributed by atoms with Crippen LogP contribution in [0.25, 0.3) is 0 Å². The molecule has 0 aromatic heterocycles. The monoisotopic (exact) mass is 271 g/mol. The zero-order chi connectivity index (χ0) is 13.3. The van der Waals surface area contributed by atoms with Crippen LogP contribution in [0.15, 0.2) is 0 Å². The maximum absolute atomic E-state index is 12.5. The molecule has 0 radical (unpaired) electrons. The molecule has 1 heterocycles. The van der Waals surface area contributed by atoms with Gasteiger partial charge in [-0.15, -0.1) is 0 Å². The van der Waals surface area contributed by atoms with Gasteiger partial charge in [0, 0.05) is 17.5 Å². The van der Waals surface area contributed by atoms with Crippen LogP contribution in [-0.4, -0.2) is 30.6 Å². The van der Waals surface area contributed by atoms with Gasteiger partial charge in [0.2, 0.25) is 10.0 Å². The second-order valence-electron chi connectivity index (χ2n) is 7.69. The third-order valence-corrected chi connectivity index (χ3v) is 7.98. The first-order valence-corrected chi connectivity index (χ1v) is 8.80. The lowest BCUT2D eigenvalue weighted by Gasteiger charge is -2.57. The summed E-state index contributed by atoms with van der Waals surface area (Å²) in [6.45, 7) is 8.70. The number of nitrogens with zero attached hydrogens (tertiary/aromatic N) is 1. The van der Waals surface area contributed by atoms with E-state index in [-0.39, 0.29) is 17.5 Å². The van der Waals surface area contributed by atoms with Gasteiger partial charge in [-0.25, -0.2) is 8.42 Å². The van der Waals surface area contributed by atoms with Gasteiger partial charge in [0.15, 0.2) is 0 Å². The molecule has 0 amide bonds. The van der Waals surface area contributed by atoms with Crippen molar-refractivity contribution in [2.45, 2.75) is 65.5 Å². The van der Waals surface area contributed by atoms with Crippen molar-refractivity contribution < 1.29 is 8.42 Å². The fourth-order valence-corrected chi connectivity index (χ4v) is 7.79. The fourth-order valence-electron chi connectivity index (χ4n) is 5.14. The fraction of sp³-hybridized carbons (Fsp3) is 1.00. The van der Waals surface area contributed by atoms with Crippen LogP contribution >= 0.6 is 0 Å². The molecule has 4 rings (SSSR count). The summed E-state index contributed by atoms with van der Waals surface area (Å²) in [6.07, 6.45) is 4.53. The van der Waals surface area contributed by atoms with E-state index in [0.717, 1.165) is 19.3 Å². The second kappa shape index (κ2) is 3.51. The highest BCUT2D eigenvalue weighted by molar-refractivity contribution is 7.89. The summed E-state index contributed by atoms with van der Waals surface area (Å²) in [5, 5.41) is 0. The molecule has 1 saturated heterocycles. The summed E-state index contributed by atoms with van der Waals surface area (Å²) in [4.78, 5) is 0. The molecule has 1 unspecified atom stereocenters. The zero-order valence-electron chi connectivity index (χ0n) is 11.9. The van der Waals surface area contributed by atoms with E-state index >= 15 is 0 Å². The van der Waals surface area contributed by atoms with E-state index in [1.165, 1.54) is 6.42 Å². The van der Waals surface area contributed by atoms with E-state index in [0.29, 0.717) is 17.1 Å². The third-order valence-electron chi connectivity index (χ3n) is 5.73. The normalized spacial score (nSPS) is 45.4. The number of sulfonamides is 1. The first-order valence-electron chi connectivity index (χ1n) is 7.19. The summed E-state index contributed by atoms with van der Waals surface area (Å²) >= 11 is 0. The smallest absolute Gasteiger partial charge is 0.212 e. The third kappa shape index (κ3) is 1.54.